The molecule has 0 aromatic carbocycles. The van der Waals surface area contributed by atoms with Crippen LogP contribution in [0.25, 0.3) is 0 Å². The number of primary amides is 1. The summed E-state index contributed by atoms with van der Waals surface area (Å²) in [7, 11) is 0. The molecule has 2 amide bonds. The lowest BCUT2D eigenvalue weighted by atomic mass is 10.1. The minimum Gasteiger partial charge on any atom is -0.480 e. The maximum Gasteiger partial charge on any atom is 0.407 e. The fourth-order valence-corrected chi connectivity index (χ4v) is 0.970. The fraction of sp³-hybridized carbons (Fsp3) is 0.700. The van der Waals surface area contributed by atoms with Gasteiger partial charge in [-0.25, -0.2) is 9.59 Å². The van der Waals surface area contributed by atoms with E-state index in [1.54, 1.807) is 0 Å². The summed E-state index contributed by atoms with van der Waals surface area (Å²) in [4.78, 5) is 32.5. The second-order valence-electron chi connectivity index (χ2n) is 4.03. The molecule has 0 aliphatic rings. The van der Waals surface area contributed by atoms with E-state index in [0.29, 0.717) is 0 Å². The zero-order valence-electron chi connectivity index (χ0n) is 9.93. The molecule has 0 spiro atoms. The van der Waals surface area contributed by atoms with E-state index >= 15 is 0 Å². The van der Waals surface area contributed by atoms with Gasteiger partial charge in [-0.3, -0.25) is 4.79 Å². The lowest BCUT2D eigenvalue weighted by molar-refractivity contribution is -0.139. The van der Waals surface area contributed by atoms with Gasteiger partial charge in [-0.2, -0.15) is 0 Å². The molecule has 7 heteroatoms. The first-order valence-electron chi connectivity index (χ1n) is 5.27. The number of carbonyl (C=O) groups excluding carboxylic acids is 2. The average Bonchev–Trinajstić information content (AvgIpc) is 2.20. The van der Waals surface area contributed by atoms with Crippen molar-refractivity contribution in [3.05, 3.63) is 0 Å². The maximum atomic E-state index is 11.2. The monoisotopic (exact) mass is 246 g/mol. The molecule has 7 nitrogen and oxygen atoms in total. The van der Waals surface area contributed by atoms with E-state index in [9.17, 15) is 14.4 Å². The van der Waals surface area contributed by atoms with Crippen molar-refractivity contribution in [1.82, 2.24) is 5.32 Å². The van der Waals surface area contributed by atoms with Gasteiger partial charge < -0.3 is 20.9 Å². The largest absolute Gasteiger partial charge is 0.480 e. The summed E-state index contributed by atoms with van der Waals surface area (Å²) in [6, 6.07) is -1.16. The highest BCUT2D eigenvalue weighted by Crippen LogP contribution is 1.99. The number of alkyl carbamates (subject to hydrolysis) is 1. The Hall–Kier alpha value is -1.79. The van der Waals surface area contributed by atoms with Crippen LogP contribution in [0.1, 0.15) is 26.7 Å². The average molecular weight is 246 g/mol. The van der Waals surface area contributed by atoms with Crippen molar-refractivity contribution in [3.63, 3.8) is 0 Å². The number of rotatable bonds is 7. The van der Waals surface area contributed by atoms with E-state index in [-0.39, 0.29) is 25.4 Å². The summed E-state index contributed by atoms with van der Waals surface area (Å²) in [6.45, 7) is 3.91. The Labute approximate surface area is 99.3 Å². The highest BCUT2D eigenvalue weighted by Gasteiger charge is 2.21. The summed E-state index contributed by atoms with van der Waals surface area (Å²) in [5.41, 5.74) is 4.89. The number of ether oxygens (including phenoxy) is 1. The normalized spacial score (nSPS) is 11.9. The quantitative estimate of drug-likeness (QED) is 0.588. The molecule has 0 aliphatic carbocycles. The van der Waals surface area contributed by atoms with Crippen molar-refractivity contribution in [2.75, 3.05) is 6.61 Å². The van der Waals surface area contributed by atoms with E-state index in [4.69, 9.17) is 15.6 Å². The number of carboxylic acids is 1. The standard InChI is InChI=1S/C10H18N2O5/c1-6(2)5-17-10(16)12-7(9(14)15)3-4-8(11)13/h6-7H,3-5H2,1-2H3,(H2,11,13)(H,12,16)(H,14,15)/t7-/m1/s1. The summed E-state index contributed by atoms with van der Waals surface area (Å²) < 4.78 is 4.76. The number of amides is 2. The topological polar surface area (TPSA) is 119 Å². The van der Waals surface area contributed by atoms with Crippen LogP contribution in [0.2, 0.25) is 0 Å². The zero-order valence-corrected chi connectivity index (χ0v) is 9.93. The first kappa shape index (κ1) is 15.2. The molecule has 0 heterocycles. The Morgan fingerprint density at radius 2 is 1.94 bits per heavy atom. The van der Waals surface area contributed by atoms with Crippen LogP contribution in [0.15, 0.2) is 0 Å². The number of nitrogens with two attached hydrogens (primary N) is 1. The van der Waals surface area contributed by atoms with Crippen LogP contribution in [0.5, 0.6) is 0 Å². The van der Waals surface area contributed by atoms with Crippen LogP contribution < -0.4 is 11.1 Å². The predicted molar refractivity (Wildman–Crippen MR) is 59.2 cm³/mol. The second kappa shape index (κ2) is 7.48. The molecule has 4 N–H and O–H groups in total. The third-order valence-electron chi connectivity index (χ3n) is 1.82. The summed E-state index contributed by atoms with van der Waals surface area (Å²) in [5, 5.41) is 10.9. The van der Waals surface area contributed by atoms with Gasteiger partial charge in [0, 0.05) is 6.42 Å². The SMILES string of the molecule is CC(C)COC(=O)N[C@H](CCC(N)=O)C(=O)O. The Kier molecular flexibility index (Phi) is 6.69. The molecule has 0 radical (unpaired) electrons. The fourth-order valence-electron chi connectivity index (χ4n) is 0.970. The van der Waals surface area contributed by atoms with Crippen molar-refractivity contribution in [1.29, 1.82) is 0 Å². The summed E-state index contributed by atoms with van der Waals surface area (Å²) >= 11 is 0. The van der Waals surface area contributed by atoms with Gasteiger partial charge in [-0.05, 0) is 12.3 Å². The number of carboxylic acid groups (broad SMARTS) is 1. The van der Waals surface area contributed by atoms with Gasteiger partial charge in [0.1, 0.15) is 6.04 Å². The third-order valence-corrected chi connectivity index (χ3v) is 1.82. The van der Waals surface area contributed by atoms with Crippen molar-refractivity contribution in [3.8, 4) is 0 Å². The molecular formula is C10H18N2O5. The van der Waals surface area contributed by atoms with Crippen molar-refractivity contribution in [2.45, 2.75) is 32.7 Å². The maximum absolute atomic E-state index is 11.2. The van der Waals surface area contributed by atoms with Crippen molar-refractivity contribution < 1.29 is 24.2 Å². The number of nitrogens with one attached hydrogen (secondary N) is 1. The third kappa shape index (κ3) is 8.06. The number of carbonyl (C=O) groups is 3. The van der Waals surface area contributed by atoms with Crippen molar-refractivity contribution in [2.24, 2.45) is 11.7 Å². The molecule has 1 atom stereocenters. The smallest absolute Gasteiger partial charge is 0.407 e. The zero-order chi connectivity index (χ0) is 13.4. The molecule has 0 unspecified atom stereocenters. The Balaban J connectivity index is 4.11. The van der Waals surface area contributed by atoms with Crippen LogP contribution >= 0.6 is 0 Å². The number of hydrogen-bond donors (Lipinski definition) is 3. The van der Waals surface area contributed by atoms with E-state index in [1.807, 2.05) is 13.8 Å². The van der Waals surface area contributed by atoms with Gasteiger partial charge in [0.15, 0.2) is 0 Å². The van der Waals surface area contributed by atoms with Gasteiger partial charge in [-0.1, -0.05) is 13.8 Å². The number of hydrogen-bond acceptors (Lipinski definition) is 4. The van der Waals surface area contributed by atoms with Crippen LogP contribution in [-0.2, 0) is 14.3 Å². The van der Waals surface area contributed by atoms with Crippen LogP contribution in [0.4, 0.5) is 4.79 Å². The molecular weight excluding hydrogens is 228 g/mol. The van der Waals surface area contributed by atoms with E-state index in [2.05, 4.69) is 5.32 Å². The van der Waals surface area contributed by atoms with Crippen LogP contribution in [-0.4, -0.2) is 35.7 Å². The molecule has 0 fully saturated rings. The van der Waals surface area contributed by atoms with Gasteiger partial charge in [0.05, 0.1) is 6.61 Å². The van der Waals surface area contributed by atoms with Gasteiger partial charge >= 0.3 is 12.1 Å². The van der Waals surface area contributed by atoms with Gasteiger partial charge in [-0.15, -0.1) is 0 Å². The summed E-state index contributed by atoms with van der Waals surface area (Å²) in [6.07, 6.45) is -0.973. The first-order valence-corrected chi connectivity index (χ1v) is 5.27. The lowest BCUT2D eigenvalue weighted by Gasteiger charge is -2.14. The number of aliphatic carboxylic acids is 1. The Bertz CT molecular complexity index is 290. The second-order valence-corrected chi connectivity index (χ2v) is 4.03. The Morgan fingerprint density at radius 3 is 2.35 bits per heavy atom. The molecule has 0 saturated carbocycles. The predicted octanol–water partition coefficient (Wildman–Crippen LogP) is 0.0873. The van der Waals surface area contributed by atoms with Gasteiger partial charge in [0.2, 0.25) is 5.91 Å². The molecule has 0 aromatic rings. The van der Waals surface area contributed by atoms with E-state index in [1.165, 1.54) is 0 Å². The molecule has 0 aliphatic heterocycles. The lowest BCUT2D eigenvalue weighted by Crippen LogP contribution is -2.42. The molecule has 0 aromatic heterocycles. The first-order chi connectivity index (χ1) is 7.82. The van der Waals surface area contributed by atoms with E-state index < -0.39 is 24.0 Å². The van der Waals surface area contributed by atoms with Gasteiger partial charge in [0.25, 0.3) is 0 Å². The highest BCUT2D eigenvalue weighted by molar-refractivity contribution is 5.81. The molecule has 0 saturated heterocycles. The van der Waals surface area contributed by atoms with Crippen LogP contribution in [0, 0.1) is 5.92 Å². The molecule has 0 rings (SSSR count). The minimum atomic E-state index is -1.23. The minimum absolute atomic E-state index is 0.0541. The molecule has 0 bridgehead atoms. The highest BCUT2D eigenvalue weighted by atomic mass is 16.5. The van der Waals surface area contributed by atoms with Crippen LogP contribution in [0.3, 0.4) is 0 Å². The molecule has 98 valence electrons. The Morgan fingerprint density at radius 1 is 1.35 bits per heavy atom. The summed E-state index contributed by atoms with van der Waals surface area (Å²) in [5.74, 6) is -1.68. The molecule has 17 heavy (non-hydrogen) atoms. The van der Waals surface area contributed by atoms with E-state index in [0.717, 1.165) is 0 Å². The van der Waals surface area contributed by atoms with Crippen molar-refractivity contribution >= 4 is 18.0 Å².